The summed E-state index contributed by atoms with van der Waals surface area (Å²) in [5.74, 6) is 0.863. The molecule has 0 fully saturated rings. The lowest BCUT2D eigenvalue weighted by Gasteiger charge is -2.28. The van der Waals surface area contributed by atoms with Crippen molar-refractivity contribution in [2.75, 3.05) is 12.0 Å². The van der Waals surface area contributed by atoms with Gasteiger partial charge in [-0.25, -0.2) is 0 Å². The predicted molar refractivity (Wildman–Crippen MR) is 180 cm³/mol. The fourth-order valence-corrected chi connectivity index (χ4v) is 6.90. The molecule has 0 bridgehead atoms. The molecular formula is C40H32N2O. The van der Waals surface area contributed by atoms with Gasteiger partial charge in [-0.05, 0) is 88.5 Å². The van der Waals surface area contributed by atoms with Crippen molar-refractivity contribution in [2.24, 2.45) is 0 Å². The molecule has 0 amide bonds. The molecule has 1 aliphatic rings. The number of aromatic amines is 1. The minimum absolute atomic E-state index is 0.172. The van der Waals surface area contributed by atoms with Crippen molar-refractivity contribution in [3.8, 4) is 28.0 Å². The van der Waals surface area contributed by atoms with E-state index in [2.05, 4.69) is 157 Å². The van der Waals surface area contributed by atoms with Crippen LogP contribution in [0.2, 0.25) is 0 Å². The second kappa shape index (κ2) is 9.64. The SMILES string of the molecule is COc1cc(-c2ccc3c(c2)C(C)(C)c2cc(N(c4ccccc4)c4ccccc4)ccc2-3)c2[nH]c3ccccc3c2c1. The summed E-state index contributed by atoms with van der Waals surface area (Å²) in [4.78, 5) is 6.03. The number of H-pyrrole nitrogens is 1. The predicted octanol–water partition coefficient (Wildman–Crippen LogP) is 10.8. The summed E-state index contributed by atoms with van der Waals surface area (Å²) in [6, 6.07) is 47.9. The molecule has 1 aromatic heterocycles. The Kier molecular flexibility index (Phi) is 5.70. The first-order valence-electron chi connectivity index (χ1n) is 14.8. The van der Waals surface area contributed by atoms with E-state index in [1.807, 2.05) is 0 Å². The standard InChI is InChI=1S/C40H32N2O/c1-40(2)36-22-26(34-24-30(43-3)25-35-33-16-10-11-17-38(33)41-39(34)35)18-20-31(36)32-21-19-29(23-37(32)40)42(27-12-6-4-7-13-27)28-14-8-5-9-15-28/h4-25,41H,1-3H3. The topological polar surface area (TPSA) is 28.3 Å². The molecule has 43 heavy (non-hydrogen) atoms. The molecule has 0 atom stereocenters. The number of anilines is 3. The molecule has 0 unspecified atom stereocenters. The fraction of sp³-hybridized carbons (Fsp3) is 0.100. The molecule has 208 valence electrons. The Labute approximate surface area is 252 Å². The monoisotopic (exact) mass is 556 g/mol. The van der Waals surface area contributed by atoms with Crippen LogP contribution in [0.5, 0.6) is 5.75 Å². The van der Waals surface area contributed by atoms with Crippen LogP contribution in [-0.2, 0) is 5.41 Å². The second-order valence-corrected chi connectivity index (χ2v) is 11.9. The minimum Gasteiger partial charge on any atom is -0.497 e. The van der Waals surface area contributed by atoms with Gasteiger partial charge in [0, 0.05) is 44.3 Å². The van der Waals surface area contributed by atoms with E-state index in [1.165, 1.54) is 38.6 Å². The van der Waals surface area contributed by atoms with Gasteiger partial charge in [-0.15, -0.1) is 0 Å². The third-order valence-corrected chi connectivity index (χ3v) is 9.08. The van der Waals surface area contributed by atoms with E-state index in [0.717, 1.165) is 39.4 Å². The van der Waals surface area contributed by atoms with Crippen LogP contribution < -0.4 is 9.64 Å². The Hall–Kier alpha value is -5.28. The maximum atomic E-state index is 5.78. The fourth-order valence-electron chi connectivity index (χ4n) is 6.90. The van der Waals surface area contributed by atoms with Crippen molar-refractivity contribution < 1.29 is 4.74 Å². The van der Waals surface area contributed by atoms with Crippen LogP contribution in [0, 0.1) is 0 Å². The Morgan fingerprint density at radius 2 is 1.19 bits per heavy atom. The number of ether oxygens (including phenoxy) is 1. The molecule has 1 aliphatic carbocycles. The summed E-state index contributed by atoms with van der Waals surface area (Å²) in [7, 11) is 1.74. The maximum Gasteiger partial charge on any atom is 0.120 e. The highest BCUT2D eigenvalue weighted by Crippen LogP contribution is 2.52. The zero-order valence-corrected chi connectivity index (χ0v) is 24.6. The molecule has 0 saturated heterocycles. The third-order valence-electron chi connectivity index (χ3n) is 9.08. The van der Waals surface area contributed by atoms with Gasteiger partial charge in [-0.3, -0.25) is 0 Å². The van der Waals surface area contributed by atoms with Gasteiger partial charge in [0.15, 0.2) is 0 Å². The highest BCUT2D eigenvalue weighted by Gasteiger charge is 2.36. The molecule has 3 nitrogen and oxygen atoms in total. The molecule has 1 heterocycles. The average molecular weight is 557 g/mol. The quantitative estimate of drug-likeness (QED) is 0.228. The van der Waals surface area contributed by atoms with Gasteiger partial charge >= 0.3 is 0 Å². The first kappa shape index (κ1) is 25.4. The van der Waals surface area contributed by atoms with Crippen molar-refractivity contribution in [3.63, 3.8) is 0 Å². The van der Waals surface area contributed by atoms with Gasteiger partial charge in [-0.1, -0.05) is 86.6 Å². The molecular weight excluding hydrogens is 524 g/mol. The lowest BCUT2D eigenvalue weighted by atomic mass is 9.81. The average Bonchev–Trinajstić information content (AvgIpc) is 3.53. The number of nitrogens with one attached hydrogen (secondary N) is 1. The van der Waals surface area contributed by atoms with Crippen LogP contribution in [-0.4, -0.2) is 12.1 Å². The molecule has 0 saturated carbocycles. The molecule has 3 heteroatoms. The number of nitrogens with zero attached hydrogens (tertiary/aromatic N) is 1. The zero-order chi connectivity index (χ0) is 29.1. The molecule has 8 rings (SSSR count). The molecule has 0 radical (unpaired) electrons. The smallest absolute Gasteiger partial charge is 0.120 e. The van der Waals surface area contributed by atoms with Crippen LogP contribution in [0.4, 0.5) is 17.1 Å². The van der Waals surface area contributed by atoms with E-state index in [4.69, 9.17) is 4.74 Å². The summed E-state index contributed by atoms with van der Waals surface area (Å²) >= 11 is 0. The number of para-hydroxylation sites is 3. The van der Waals surface area contributed by atoms with Crippen LogP contribution in [0.3, 0.4) is 0 Å². The largest absolute Gasteiger partial charge is 0.497 e. The lowest BCUT2D eigenvalue weighted by molar-refractivity contribution is 0.415. The van der Waals surface area contributed by atoms with Crippen LogP contribution in [0.15, 0.2) is 133 Å². The first-order valence-corrected chi connectivity index (χ1v) is 14.8. The van der Waals surface area contributed by atoms with Crippen LogP contribution >= 0.6 is 0 Å². The summed E-state index contributed by atoms with van der Waals surface area (Å²) in [6.07, 6.45) is 0. The van der Waals surface area contributed by atoms with Gasteiger partial charge in [-0.2, -0.15) is 0 Å². The highest BCUT2D eigenvalue weighted by molar-refractivity contribution is 6.12. The first-order chi connectivity index (χ1) is 21.0. The Balaban J connectivity index is 1.27. The van der Waals surface area contributed by atoms with E-state index in [9.17, 15) is 0 Å². The minimum atomic E-state index is -0.172. The molecule has 1 N–H and O–H groups in total. The third kappa shape index (κ3) is 3.96. The molecule has 0 spiro atoms. The Bertz CT molecular complexity index is 2100. The van der Waals surface area contributed by atoms with Crippen molar-refractivity contribution in [2.45, 2.75) is 19.3 Å². The van der Waals surface area contributed by atoms with Crippen LogP contribution in [0.1, 0.15) is 25.0 Å². The normalized spacial score (nSPS) is 13.2. The zero-order valence-electron chi connectivity index (χ0n) is 24.6. The number of benzene rings is 6. The molecule has 6 aromatic carbocycles. The number of hydrogen-bond donors (Lipinski definition) is 1. The van der Waals surface area contributed by atoms with E-state index >= 15 is 0 Å². The van der Waals surface area contributed by atoms with Gasteiger partial charge in [0.25, 0.3) is 0 Å². The summed E-state index contributed by atoms with van der Waals surface area (Å²) in [5, 5.41) is 2.39. The van der Waals surface area contributed by atoms with Crippen molar-refractivity contribution in [1.82, 2.24) is 4.98 Å². The molecule has 7 aromatic rings. The van der Waals surface area contributed by atoms with E-state index in [1.54, 1.807) is 7.11 Å². The summed E-state index contributed by atoms with van der Waals surface area (Å²) in [5.41, 5.74) is 13.2. The number of rotatable bonds is 5. The summed E-state index contributed by atoms with van der Waals surface area (Å²) < 4.78 is 5.78. The van der Waals surface area contributed by atoms with Gasteiger partial charge < -0.3 is 14.6 Å². The van der Waals surface area contributed by atoms with E-state index in [0.29, 0.717) is 0 Å². The van der Waals surface area contributed by atoms with Crippen LogP contribution in [0.25, 0.3) is 44.1 Å². The number of hydrogen-bond acceptors (Lipinski definition) is 2. The highest BCUT2D eigenvalue weighted by atomic mass is 16.5. The number of fused-ring (bicyclic) bond motifs is 6. The van der Waals surface area contributed by atoms with Gasteiger partial charge in [0.05, 0.1) is 12.6 Å². The van der Waals surface area contributed by atoms with Crippen molar-refractivity contribution >= 4 is 38.9 Å². The number of methoxy groups -OCH3 is 1. The Morgan fingerprint density at radius 3 is 1.88 bits per heavy atom. The van der Waals surface area contributed by atoms with Crippen molar-refractivity contribution in [1.29, 1.82) is 0 Å². The van der Waals surface area contributed by atoms with E-state index < -0.39 is 0 Å². The summed E-state index contributed by atoms with van der Waals surface area (Å²) in [6.45, 7) is 4.70. The van der Waals surface area contributed by atoms with Gasteiger partial charge in [0.2, 0.25) is 0 Å². The van der Waals surface area contributed by atoms with Crippen molar-refractivity contribution in [3.05, 3.63) is 145 Å². The van der Waals surface area contributed by atoms with E-state index in [-0.39, 0.29) is 5.41 Å². The van der Waals surface area contributed by atoms with Gasteiger partial charge in [0.1, 0.15) is 5.75 Å². The number of aromatic nitrogens is 1. The second-order valence-electron chi connectivity index (χ2n) is 11.9. The Morgan fingerprint density at radius 1 is 0.558 bits per heavy atom. The maximum absolute atomic E-state index is 5.78. The lowest BCUT2D eigenvalue weighted by Crippen LogP contribution is -2.16. The molecule has 0 aliphatic heterocycles.